The van der Waals surface area contributed by atoms with Crippen LogP contribution in [0, 0.1) is 6.92 Å². The summed E-state index contributed by atoms with van der Waals surface area (Å²) in [5, 5.41) is 8.35. The molecule has 0 aliphatic carbocycles. The number of nitrogens with one attached hydrogen (secondary N) is 1. The molecule has 2 heterocycles. The van der Waals surface area contributed by atoms with Gasteiger partial charge in [0, 0.05) is 30.4 Å². The molecule has 4 rings (SSSR count). The first-order valence-corrected chi connectivity index (χ1v) is 9.55. The van der Waals surface area contributed by atoms with E-state index in [0.29, 0.717) is 25.2 Å². The van der Waals surface area contributed by atoms with Crippen LogP contribution in [0.1, 0.15) is 32.7 Å². The molecule has 0 radical (unpaired) electrons. The van der Waals surface area contributed by atoms with Gasteiger partial charge < -0.3 is 11.1 Å². The Morgan fingerprint density at radius 1 is 1.03 bits per heavy atom. The number of rotatable bonds is 6. The maximum atomic E-state index is 12.4. The zero-order valence-electron chi connectivity index (χ0n) is 16.7. The van der Waals surface area contributed by atoms with Gasteiger partial charge in [-0.05, 0) is 41.8 Å². The van der Waals surface area contributed by atoms with Crippen molar-refractivity contribution in [3.63, 3.8) is 0 Å². The van der Waals surface area contributed by atoms with E-state index in [4.69, 9.17) is 5.73 Å². The highest BCUT2D eigenvalue weighted by molar-refractivity contribution is 5.93. The van der Waals surface area contributed by atoms with E-state index in [0.717, 1.165) is 33.3 Å². The Balaban J connectivity index is 0.00000256. The number of benzene rings is 2. The number of hydrogen-bond acceptors (Lipinski definition) is 4. The molecule has 30 heavy (non-hydrogen) atoms. The van der Waals surface area contributed by atoms with E-state index in [-0.39, 0.29) is 18.3 Å². The van der Waals surface area contributed by atoms with Crippen LogP contribution < -0.4 is 11.1 Å². The highest BCUT2D eigenvalue weighted by Crippen LogP contribution is 2.16. The highest BCUT2D eigenvalue weighted by atomic mass is 35.5. The van der Waals surface area contributed by atoms with Gasteiger partial charge in [-0.1, -0.05) is 36.4 Å². The molecule has 2 aromatic heterocycles. The number of carbonyl (C=O) groups excluding carboxylic acids is 1. The minimum atomic E-state index is -0.141. The Hall–Kier alpha value is -3.22. The fraction of sp³-hybridized carbons (Fsp3) is 0.174. The SMILES string of the molecule is Cc1ccc2cc(Cn3cc(C(=O)NCc4ccc(CN)cc4)cn3)ccc2n1.Cl. The molecule has 2 aromatic carbocycles. The predicted octanol–water partition coefficient (Wildman–Crippen LogP) is 3.60. The lowest BCUT2D eigenvalue weighted by atomic mass is 10.1. The largest absolute Gasteiger partial charge is 0.348 e. The minimum absolute atomic E-state index is 0. The van der Waals surface area contributed by atoms with E-state index in [1.54, 1.807) is 17.1 Å². The molecule has 0 unspecified atom stereocenters. The first-order chi connectivity index (χ1) is 14.1. The van der Waals surface area contributed by atoms with Crippen LogP contribution in [0.25, 0.3) is 10.9 Å². The number of aromatic nitrogens is 3. The second-order valence-corrected chi connectivity index (χ2v) is 7.11. The molecule has 4 aromatic rings. The van der Waals surface area contributed by atoms with Gasteiger partial charge in [0.1, 0.15) is 0 Å². The van der Waals surface area contributed by atoms with Gasteiger partial charge in [-0.3, -0.25) is 14.5 Å². The van der Waals surface area contributed by atoms with Crippen LogP contribution in [-0.2, 0) is 19.6 Å². The lowest BCUT2D eigenvalue weighted by Crippen LogP contribution is -2.22. The van der Waals surface area contributed by atoms with Crippen LogP contribution >= 0.6 is 12.4 Å². The van der Waals surface area contributed by atoms with E-state index in [2.05, 4.69) is 27.5 Å². The molecule has 6 nitrogen and oxygen atoms in total. The van der Waals surface area contributed by atoms with Crippen molar-refractivity contribution in [1.82, 2.24) is 20.1 Å². The van der Waals surface area contributed by atoms with Crippen LogP contribution in [-0.4, -0.2) is 20.7 Å². The molecular weight excluding hydrogens is 398 g/mol. The quantitative estimate of drug-likeness (QED) is 0.498. The minimum Gasteiger partial charge on any atom is -0.348 e. The molecule has 0 aliphatic heterocycles. The van der Waals surface area contributed by atoms with Gasteiger partial charge in [-0.15, -0.1) is 12.4 Å². The molecule has 0 saturated carbocycles. The van der Waals surface area contributed by atoms with Gasteiger partial charge in [0.25, 0.3) is 5.91 Å². The van der Waals surface area contributed by atoms with E-state index >= 15 is 0 Å². The summed E-state index contributed by atoms with van der Waals surface area (Å²) >= 11 is 0. The maximum Gasteiger partial charge on any atom is 0.254 e. The summed E-state index contributed by atoms with van der Waals surface area (Å²) in [6, 6.07) is 18.1. The maximum absolute atomic E-state index is 12.4. The number of aryl methyl sites for hydroxylation is 1. The van der Waals surface area contributed by atoms with Crippen molar-refractivity contribution < 1.29 is 4.79 Å². The van der Waals surface area contributed by atoms with Crippen molar-refractivity contribution in [2.24, 2.45) is 5.73 Å². The summed E-state index contributed by atoms with van der Waals surface area (Å²) in [4.78, 5) is 16.9. The van der Waals surface area contributed by atoms with E-state index in [9.17, 15) is 4.79 Å². The number of nitrogens with two attached hydrogens (primary N) is 1. The fourth-order valence-corrected chi connectivity index (χ4v) is 3.21. The molecule has 0 atom stereocenters. The van der Waals surface area contributed by atoms with Crippen molar-refractivity contribution >= 4 is 29.2 Å². The summed E-state index contributed by atoms with van der Waals surface area (Å²) in [7, 11) is 0. The Morgan fingerprint density at radius 2 is 1.77 bits per heavy atom. The summed E-state index contributed by atoms with van der Waals surface area (Å²) in [6.07, 6.45) is 3.36. The average molecular weight is 422 g/mol. The van der Waals surface area contributed by atoms with Crippen LogP contribution in [0.15, 0.2) is 67.0 Å². The number of nitrogens with zero attached hydrogens (tertiary/aromatic N) is 3. The normalized spacial score (nSPS) is 10.6. The second-order valence-electron chi connectivity index (χ2n) is 7.11. The number of fused-ring (bicyclic) bond motifs is 1. The standard InChI is InChI=1S/C23H23N5O.ClH/c1-16-2-8-20-10-19(7-9-22(20)27-16)14-28-15-21(13-26-28)23(29)25-12-18-5-3-17(11-24)4-6-18;/h2-10,13,15H,11-12,14,24H2,1H3,(H,25,29);1H. The first kappa shape index (κ1) is 21.5. The van der Waals surface area contributed by atoms with Crippen LogP contribution in [0.5, 0.6) is 0 Å². The third-order valence-electron chi connectivity index (χ3n) is 4.84. The molecule has 0 fully saturated rings. The molecule has 154 valence electrons. The van der Waals surface area contributed by atoms with Crippen LogP contribution in [0.4, 0.5) is 0 Å². The number of hydrogen-bond donors (Lipinski definition) is 2. The summed E-state index contributed by atoms with van der Waals surface area (Å²) in [6.45, 7) is 3.56. The van der Waals surface area contributed by atoms with Gasteiger partial charge in [-0.25, -0.2) is 0 Å². The van der Waals surface area contributed by atoms with Gasteiger partial charge >= 0.3 is 0 Å². The third kappa shape index (κ3) is 5.03. The summed E-state index contributed by atoms with van der Waals surface area (Å²) < 4.78 is 1.77. The summed E-state index contributed by atoms with van der Waals surface area (Å²) in [5.41, 5.74) is 11.3. The first-order valence-electron chi connectivity index (χ1n) is 9.55. The average Bonchev–Trinajstić information content (AvgIpc) is 3.21. The molecule has 7 heteroatoms. The van der Waals surface area contributed by atoms with Crippen molar-refractivity contribution in [2.75, 3.05) is 0 Å². The second kappa shape index (κ2) is 9.52. The number of carbonyl (C=O) groups is 1. The Morgan fingerprint density at radius 3 is 2.53 bits per heavy atom. The monoisotopic (exact) mass is 421 g/mol. The van der Waals surface area contributed by atoms with Crippen LogP contribution in [0.2, 0.25) is 0 Å². The molecule has 1 amide bonds. The number of amides is 1. The van der Waals surface area contributed by atoms with E-state index in [1.165, 1.54) is 0 Å². The lowest BCUT2D eigenvalue weighted by molar-refractivity contribution is 0.0951. The molecule has 0 bridgehead atoms. The van der Waals surface area contributed by atoms with Gasteiger partial charge in [-0.2, -0.15) is 5.10 Å². The fourth-order valence-electron chi connectivity index (χ4n) is 3.21. The van der Waals surface area contributed by atoms with Crippen molar-refractivity contribution in [3.05, 3.63) is 94.9 Å². The van der Waals surface area contributed by atoms with Gasteiger partial charge in [0.05, 0.1) is 23.8 Å². The van der Waals surface area contributed by atoms with Gasteiger partial charge in [0.15, 0.2) is 0 Å². The molecule has 0 saturated heterocycles. The Kier molecular flexibility index (Phi) is 6.82. The Bertz CT molecular complexity index is 1150. The van der Waals surface area contributed by atoms with Crippen molar-refractivity contribution in [1.29, 1.82) is 0 Å². The van der Waals surface area contributed by atoms with Crippen molar-refractivity contribution in [3.8, 4) is 0 Å². The third-order valence-corrected chi connectivity index (χ3v) is 4.84. The summed E-state index contributed by atoms with van der Waals surface area (Å²) in [5.74, 6) is -0.141. The van der Waals surface area contributed by atoms with Crippen LogP contribution in [0.3, 0.4) is 0 Å². The topological polar surface area (TPSA) is 85.8 Å². The smallest absolute Gasteiger partial charge is 0.254 e. The zero-order valence-corrected chi connectivity index (χ0v) is 17.5. The number of pyridine rings is 1. The van der Waals surface area contributed by atoms with Gasteiger partial charge in [0.2, 0.25) is 0 Å². The highest BCUT2D eigenvalue weighted by Gasteiger charge is 2.09. The molecule has 3 N–H and O–H groups in total. The molecule has 0 spiro atoms. The van der Waals surface area contributed by atoms with Crippen molar-refractivity contribution in [2.45, 2.75) is 26.6 Å². The number of halogens is 1. The van der Waals surface area contributed by atoms with E-state index < -0.39 is 0 Å². The molecule has 0 aliphatic rings. The lowest BCUT2D eigenvalue weighted by Gasteiger charge is -2.05. The predicted molar refractivity (Wildman–Crippen MR) is 121 cm³/mol. The van der Waals surface area contributed by atoms with E-state index in [1.807, 2.05) is 49.4 Å². The molecular formula is C23H24ClN5O. The Labute approximate surface area is 181 Å². The zero-order chi connectivity index (χ0) is 20.2.